The summed E-state index contributed by atoms with van der Waals surface area (Å²) in [4.78, 5) is 16.8. The lowest BCUT2D eigenvalue weighted by Crippen LogP contribution is -2.16. The standard InChI is InChI=1S/C20H22N4OS/c1-3-16-11-7-8-14(2)19(16)22-18(25)13-26-20-21-17(23-24-20)12-15-9-5-4-6-10-15/h4-11H,3,12-13H2,1-2H3,(H,22,25)(H,21,23,24). The molecule has 0 unspecified atom stereocenters. The van der Waals surface area contributed by atoms with E-state index in [1.165, 1.54) is 17.3 Å². The molecule has 0 bridgehead atoms. The summed E-state index contributed by atoms with van der Waals surface area (Å²) in [6.07, 6.45) is 1.58. The maximum absolute atomic E-state index is 12.3. The van der Waals surface area contributed by atoms with Gasteiger partial charge in [-0.25, -0.2) is 4.98 Å². The van der Waals surface area contributed by atoms with Crippen LogP contribution in [0.3, 0.4) is 0 Å². The fourth-order valence-corrected chi connectivity index (χ4v) is 3.34. The highest BCUT2D eigenvalue weighted by atomic mass is 32.2. The van der Waals surface area contributed by atoms with Crippen molar-refractivity contribution in [2.75, 3.05) is 11.1 Å². The number of nitrogens with zero attached hydrogens (tertiary/aromatic N) is 2. The first kappa shape index (κ1) is 18.2. The van der Waals surface area contributed by atoms with Gasteiger partial charge in [-0.3, -0.25) is 9.89 Å². The topological polar surface area (TPSA) is 70.7 Å². The number of carbonyl (C=O) groups excluding carboxylic acids is 1. The molecule has 134 valence electrons. The fourth-order valence-electron chi connectivity index (χ4n) is 2.72. The first-order valence-corrected chi connectivity index (χ1v) is 9.60. The van der Waals surface area contributed by atoms with Crippen LogP contribution in [-0.4, -0.2) is 26.8 Å². The molecular formula is C20H22N4OS. The van der Waals surface area contributed by atoms with Crippen LogP contribution in [0.5, 0.6) is 0 Å². The van der Waals surface area contributed by atoms with Crippen LogP contribution in [0, 0.1) is 6.92 Å². The minimum Gasteiger partial charge on any atom is -0.325 e. The van der Waals surface area contributed by atoms with E-state index >= 15 is 0 Å². The van der Waals surface area contributed by atoms with Crippen LogP contribution in [0.25, 0.3) is 0 Å². The van der Waals surface area contributed by atoms with Gasteiger partial charge >= 0.3 is 0 Å². The summed E-state index contributed by atoms with van der Waals surface area (Å²) in [5, 5.41) is 10.7. The van der Waals surface area contributed by atoms with Crippen molar-refractivity contribution in [2.45, 2.75) is 31.8 Å². The third-order valence-corrected chi connectivity index (χ3v) is 4.91. The summed E-state index contributed by atoms with van der Waals surface area (Å²) >= 11 is 1.33. The van der Waals surface area contributed by atoms with Gasteiger partial charge in [0.2, 0.25) is 11.1 Å². The number of amides is 1. The molecule has 0 spiro atoms. The van der Waals surface area contributed by atoms with E-state index in [9.17, 15) is 4.79 Å². The van der Waals surface area contributed by atoms with Gasteiger partial charge in [0.05, 0.1) is 5.75 Å². The van der Waals surface area contributed by atoms with Gasteiger partial charge in [-0.1, -0.05) is 67.2 Å². The van der Waals surface area contributed by atoms with E-state index in [1.54, 1.807) is 0 Å². The second-order valence-electron chi connectivity index (χ2n) is 6.03. The highest BCUT2D eigenvalue weighted by molar-refractivity contribution is 7.99. The lowest BCUT2D eigenvalue weighted by atomic mass is 10.1. The minimum atomic E-state index is -0.0478. The zero-order chi connectivity index (χ0) is 18.4. The van der Waals surface area contributed by atoms with Gasteiger partial charge in [-0.15, -0.1) is 5.10 Å². The van der Waals surface area contributed by atoms with Crippen LogP contribution >= 0.6 is 11.8 Å². The Morgan fingerprint density at radius 3 is 2.73 bits per heavy atom. The van der Waals surface area contributed by atoms with Crippen molar-refractivity contribution in [3.63, 3.8) is 0 Å². The van der Waals surface area contributed by atoms with Crippen molar-refractivity contribution in [2.24, 2.45) is 0 Å². The summed E-state index contributed by atoms with van der Waals surface area (Å²) in [5.74, 6) is 1.03. The quantitative estimate of drug-likeness (QED) is 0.620. The van der Waals surface area contributed by atoms with Crippen molar-refractivity contribution in [1.82, 2.24) is 15.2 Å². The fraction of sp³-hybridized carbons (Fsp3) is 0.250. The zero-order valence-corrected chi connectivity index (χ0v) is 15.8. The number of H-pyrrole nitrogens is 1. The van der Waals surface area contributed by atoms with Crippen LogP contribution in [0.1, 0.15) is 29.4 Å². The van der Waals surface area contributed by atoms with E-state index in [2.05, 4.69) is 39.6 Å². The van der Waals surface area contributed by atoms with Gasteiger partial charge in [0, 0.05) is 12.1 Å². The molecule has 0 aliphatic carbocycles. The first-order chi connectivity index (χ1) is 12.7. The van der Waals surface area contributed by atoms with Crippen molar-refractivity contribution < 1.29 is 4.79 Å². The van der Waals surface area contributed by atoms with Crippen LogP contribution in [0.2, 0.25) is 0 Å². The van der Waals surface area contributed by atoms with Crippen molar-refractivity contribution in [1.29, 1.82) is 0 Å². The van der Waals surface area contributed by atoms with Crippen molar-refractivity contribution in [3.8, 4) is 0 Å². The number of nitrogens with one attached hydrogen (secondary N) is 2. The molecule has 6 heteroatoms. The largest absolute Gasteiger partial charge is 0.325 e. The molecule has 0 atom stereocenters. The normalized spacial score (nSPS) is 10.7. The smallest absolute Gasteiger partial charge is 0.234 e. The van der Waals surface area contributed by atoms with Crippen molar-refractivity contribution >= 4 is 23.4 Å². The van der Waals surface area contributed by atoms with E-state index in [0.29, 0.717) is 11.6 Å². The minimum absolute atomic E-state index is 0.0478. The number of benzene rings is 2. The highest BCUT2D eigenvalue weighted by Gasteiger charge is 2.11. The maximum atomic E-state index is 12.3. The summed E-state index contributed by atoms with van der Waals surface area (Å²) in [6, 6.07) is 16.2. The molecule has 0 saturated heterocycles. The number of rotatable bonds is 7. The highest BCUT2D eigenvalue weighted by Crippen LogP contribution is 2.22. The predicted molar refractivity (Wildman–Crippen MR) is 106 cm³/mol. The molecule has 3 rings (SSSR count). The molecule has 0 aliphatic heterocycles. The van der Waals surface area contributed by atoms with Crippen molar-refractivity contribution in [3.05, 3.63) is 71.0 Å². The number of hydrogen-bond donors (Lipinski definition) is 2. The first-order valence-electron chi connectivity index (χ1n) is 8.62. The number of aromatic amines is 1. The third-order valence-electron chi connectivity index (χ3n) is 4.06. The van der Waals surface area contributed by atoms with E-state index in [0.717, 1.165) is 29.1 Å². The van der Waals surface area contributed by atoms with E-state index in [-0.39, 0.29) is 11.7 Å². The maximum Gasteiger partial charge on any atom is 0.234 e. The Bertz CT molecular complexity index is 877. The number of aryl methyl sites for hydroxylation is 2. The lowest BCUT2D eigenvalue weighted by molar-refractivity contribution is -0.113. The predicted octanol–water partition coefficient (Wildman–Crippen LogP) is 4.00. The third kappa shape index (κ3) is 4.73. The average molecular weight is 366 g/mol. The Hall–Kier alpha value is -2.60. The summed E-state index contributed by atoms with van der Waals surface area (Å²) in [7, 11) is 0. The second-order valence-corrected chi connectivity index (χ2v) is 6.97. The molecule has 0 saturated carbocycles. The van der Waals surface area contributed by atoms with E-state index in [4.69, 9.17) is 0 Å². The SMILES string of the molecule is CCc1cccc(C)c1NC(=O)CSc1n[nH]c(Cc2ccccc2)n1. The molecule has 5 nitrogen and oxygen atoms in total. The van der Waals surface area contributed by atoms with E-state index < -0.39 is 0 Å². The van der Waals surface area contributed by atoms with Crippen LogP contribution < -0.4 is 5.32 Å². The summed E-state index contributed by atoms with van der Waals surface area (Å²) in [6.45, 7) is 4.09. The second kappa shape index (κ2) is 8.67. The molecule has 3 aromatic rings. The zero-order valence-electron chi connectivity index (χ0n) is 15.0. The average Bonchev–Trinajstić information content (AvgIpc) is 3.10. The summed E-state index contributed by atoms with van der Waals surface area (Å²) in [5.41, 5.74) is 4.31. The Kier molecular flexibility index (Phi) is 6.07. The van der Waals surface area contributed by atoms with Crippen LogP contribution in [0.15, 0.2) is 53.7 Å². The van der Waals surface area contributed by atoms with Gasteiger partial charge in [-0.2, -0.15) is 0 Å². The molecule has 0 fully saturated rings. The van der Waals surface area contributed by atoms with Gasteiger partial charge in [0.1, 0.15) is 5.82 Å². The Morgan fingerprint density at radius 1 is 1.15 bits per heavy atom. The number of aromatic nitrogens is 3. The van der Waals surface area contributed by atoms with Gasteiger partial charge in [-0.05, 0) is 30.0 Å². The molecule has 1 aromatic heterocycles. The number of para-hydroxylation sites is 1. The van der Waals surface area contributed by atoms with Gasteiger partial charge < -0.3 is 5.32 Å². The molecule has 26 heavy (non-hydrogen) atoms. The molecule has 0 aliphatic rings. The summed E-state index contributed by atoms with van der Waals surface area (Å²) < 4.78 is 0. The molecule has 2 aromatic carbocycles. The van der Waals surface area contributed by atoms with Gasteiger partial charge in [0.25, 0.3) is 0 Å². The number of carbonyl (C=O) groups is 1. The molecular weight excluding hydrogens is 344 g/mol. The number of hydrogen-bond acceptors (Lipinski definition) is 4. The van der Waals surface area contributed by atoms with Crippen LogP contribution in [-0.2, 0) is 17.6 Å². The molecule has 2 N–H and O–H groups in total. The molecule has 1 amide bonds. The Balaban J connectivity index is 1.55. The number of anilines is 1. The van der Waals surface area contributed by atoms with Gasteiger partial charge in [0.15, 0.2) is 0 Å². The molecule has 0 radical (unpaired) electrons. The van der Waals surface area contributed by atoms with Crippen LogP contribution in [0.4, 0.5) is 5.69 Å². The lowest BCUT2D eigenvalue weighted by Gasteiger charge is -2.12. The molecule has 1 heterocycles. The monoisotopic (exact) mass is 366 g/mol. The Morgan fingerprint density at radius 2 is 1.96 bits per heavy atom. The number of thioether (sulfide) groups is 1. The Labute approximate surface area is 157 Å². The van der Waals surface area contributed by atoms with E-state index in [1.807, 2.05) is 43.3 Å².